The Labute approximate surface area is 139 Å². The first-order valence-corrected chi connectivity index (χ1v) is 10.5. The molecule has 2 rings (SSSR count). The van der Waals surface area contributed by atoms with Crippen molar-refractivity contribution in [3.05, 3.63) is 0 Å². The number of ether oxygens (including phenoxy) is 1. The Hall–Kier alpha value is -0.0400. The van der Waals surface area contributed by atoms with E-state index < -0.39 is 0 Å². The maximum Gasteiger partial charge on any atom is 0.0710 e. The van der Waals surface area contributed by atoms with E-state index >= 15 is 0 Å². The monoisotopic (exact) mass is 308 g/mol. The van der Waals surface area contributed by atoms with E-state index in [1.54, 1.807) is 0 Å². The van der Waals surface area contributed by atoms with E-state index in [1.165, 1.54) is 109 Å². The zero-order valence-corrected chi connectivity index (χ0v) is 15.2. The average molecular weight is 309 g/mol. The van der Waals surface area contributed by atoms with Gasteiger partial charge in [0.05, 0.1) is 5.60 Å². The van der Waals surface area contributed by atoms with Gasteiger partial charge in [-0.25, -0.2) is 0 Å². The molecule has 0 heterocycles. The smallest absolute Gasteiger partial charge is 0.0710 e. The van der Waals surface area contributed by atoms with Crippen LogP contribution < -0.4 is 0 Å². The van der Waals surface area contributed by atoms with Crippen molar-refractivity contribution in [1.29, 1.82) is 0 Å². The molecular weight excluding hydrogens is 268 g/mol. The van der Waals surface area contributed by atoms with Crippen molar-refractivity contribution in [3.63, 3.8) is 0 Å². The Morgan fingerprint density at radius 2 is 1.27 bits per heavy atom. The predicted molar refractivity (Wildman–Crippen MR) is 96.3 cm³/mol. The molecule has 0 aliphatic heterocycles. The third kappa shape index (κ3) is 5.87. The topological polar surface area (TPSA) is 9.23 Å². The van der Waals surface area contributed by atoms with Crippen molar-refractivity contribution in [2.45, 2.75) is 122 Å². The van der Waals surface area contributed by atoms with Crippen molar-refractivity contribution >= 4 is 0 Å². The van der Waals surface area contributed by atoms with Gasteiger partial charge in [0.15, 0.2) is 0 Å². The quantitative estimate of drug-likeness (QED) is 0.478. The number of unbranched alkanes of at least 4 members (excludes halogenated alkanes) is 2. The van der Waals surface area contributed by atoms with Gasteiger partial charge in [0.25, 0.3) is 0 Å². The Morgan fingerprint density at radius 3 is 1.86 bits per heavy atom. The SMILES string of the molecule is CCCCCOC1(C2CCCCCCC2)CCCCCCC1. The highest BCUT2D eigenvalue weighted by Gasteiger charge is 2.38. The zero-order valence-electron chi connectivity index (χ0n) is 15.2. The summed E-state index contributed by atoms with van der Waals surface area (Å²) in [7, 11) is 0. The highest BCUT2D eigenvalue weighted by Crippen LogP contribution is 2.42. The van der Waals surface area contributed by atoms with Gasteiger partial charge in [-0.05, 0) is 38.0 Å². The van der Waals surface area contributed by atoms with Gasteiger partial charge in [0.1, 0.15) is 0 Å². The summed E-state index contributed by atoms with van der Waals surface area (Å²) in [5.41, 5.74) is 0.255. The molecule has 0 spiro atoms. The fourth-order valence-electron chi connectivity index (χ4n) is 4.78. The number of hydrogen-bond acceptors (Lipinski definition) is 1. The summed E-state index contributed by atoms with van der Waals surface area (Å²) in [6, 6.07) is 0. The third-order valence-corrected chi connectivity index (χ3v) is 6.19. The van der Waals surface area contributed by atoms with Crippen molar-refractivity contribution < 1.29 is 4.74 Å². The third-order valence-electron chi connectivity index (χ3n) is 6.19. The molecule has 0 aromatic heterocycles. The molecule has 1 nitrogen and oxygen atoms in total. The van der Waals surface area contributed by atoms with Crippen LogP contribution in [0.2, 0.25) is 0 Å². The molecule has 0 atom stereocenters. The summed E-state index contributed by atoms with van der Waals surface area (Å²) in [6.07, 6.45) is 23.9. The molecule has 2 aliphatic rings. The van der Waals surface area contributed by atoms with E-state index in [9.17, 15) is 0 Å². The van der Waals surface area contributed by atoms with E-state index in [2.05, 4.69) is 6.92 Å². The molecular formula is C21H40O. The van der Waals surface area contributed by atoms with Crippen LogP contribution in [-0.4, -0.2) is 12.2 Å². The lowest BCUT2D eigenvalue weighted by atomic mass is 9.72. The van der Waals surface area contributed by atoms with E-state index in [0.717, 1.165) is 12.5 Å². The zero-order chi connectivity index (χ0) is 15.5. The van der Waals surface area contributed by atoms with Crippen LogP contribution in [0.15, 0.2) is 0 Å². The second kappa shape index (κ2) is 10.7. The molecule has 0 bridgehead atoms. The van der Waals surface area contributed by atoms with E-state index in [4.69, 9.17) is 4.74 Å². The first-order valence-electron chi connectivity index (χ1n) is 10.5. The van der Waals surface area contributed by atoms with Gasteiger partial charge in [-0.3, -0.25) is 0 Å². The summed E-state index contributed by atoms with van der Waals surface area (Å²) in [5.74, 6) is 0.854. The fraction of sp³-hybridized carbons (Fsp3) is 1.00. The Morgan fingerprint density at radius 1 is 0.727 bits per heavy atom. The molecule has 0 amide bonds. The van der Waals surface area contributed by atoms with Gasteiger partial charge in [0.2, 0.25) is 0 Å². The van der Waals surface area contributed by atoms with Gasteiger partial charge < -0.3 is 4.74 Å². The van der Waals surface area contributed by atoms with E-state index in [0.29, 0.717) is 0 Å². The first-order chi connectivity index (χ1) is 10.9. The highest BCUT2D eigenvalue weighted by molar-refractivity contribution is 4.90. The molecule has 0 aromatic carbocycles. The molecule has 0 N–H and O–H groups in total. The molecule has 0 saturated heterocycles. The van der Waals surface area contributed by atoms with Crippen molar-refractivity contribution in [1.82, 2.24) is 0 Å². The molecule has 0 radical (unpaired) electrons. The Kier molecular flexibility index (Phi) is 8.89. The van der Waals surface area contributed by atoms with Gasteiger partial charge >= 0.3 is 0 Å². The summed E-state index contributed by atoms with van der Waals surface area (Å²) in [4.78, 5) is 0. The largest absolute Gasteiger partial charge is 0.375 e. The minimum Gasteiger partial charge on any atom is -0.375 e. The summed E-state index contributed by atoms with van der Waals surface area (Å²) in [5, 5.41) is 0. The van der Waals surface area contributed by atoms with Crippen molar-refractivity contribution in [2.24, 2.45) is 5.92 Å². The van der Waals surface area contributed by atoms with Crippen LogP contribution >= 0.6 is 0 Å². The molecule has 130 valence electrons. The highest BCUT2D eigenvalue weighted by atomic mass is 16.5. The number of rotatable bonds is 6. The molecule has 2 saturated carbocycles. The minimum absolute atomic E-state index is 0.255. The summed E-state index contributed by atoms with van der Waals surface area (Å²) >= 11 is 0. The predicted octanol–water partition coefficient (Wildman–Crippen LogP) is 7.04. The molecule has 1 heteroatoms. The standard InChI is InChI=1S/C21H40O/c1-2-3-14-19-22-21(17-12-8-5-9-13-18-21)20-15-10-6-4-7-11-16-20/h20H,2-19H2,1H3. The second-order valence-corrected chi connectivity index (χ2v) is 7.93. The van der Waals surface area contributed by atoms with Crippen LogP contribution in [0.5, 0.6) is 0 Å². The Bertz CT molecular complexity index is 257. The van der Waals surface area contributed by atoms with Gasteiger partial charge in [-0.2, -0.15) is 0 Å². The van der Waals surface area contributed by atoms with Crippen LogP contribution in [0, 0.1) is 5.92 Å². The maximum absolute atomic E-state index is 6.74. The maximum atomic E-state index is 6.74. The molecule has 0 unspecified atom stereocenters. The number of hydrogen-bond donors (Lipinski definition) is 0. The Balaban J connectivity index is 1.99. The fourth-order valence-corrected chi connectivity index (χ4v) is 4.78. The second-order valence-electron chi connectivity index (χ2n) is 7.93. The van der Waals surface area contributed by atoms with Crippen LogP contribution in [0.25, 0.3) is 0 Å². The van der Waals surface area contributed by atoms with Gasteiger partial charge in [-0.1, -0.05) is 84.0 Å². The molecule has 22 heavy (non-hydrogen) atoms. The molecule has 0 aromatic rings. The van der Waals surface area contributed by atoms with Crippen molar-refractivity contribution in [2.75, 3.05) is 6.61 Å². The van der Waals surface area contributed by atoms with E-state index in [1.807, 2.05) is 0 Å². The first kappa shape index (κ1) is 18.3. The average Bonchev–Trinajstić information content (AvgIpc) is 2.46. The lowest BCUT2D eigenvalue weighted by molar-refractivity contribution is -0.110. The van der Waals surface area contributed by atoms with E-state index in [-0.39, 0.29) is 5.60 Å². The van der Waals surface area contributed by atoms with Gasteiger partial charge in [-0.15, -0.1) is 0 Å². The summed E-state index contributed by atoms with van der Waals surface area (Å²) in [6.45, 7) is 3.31. The van der Waals surface area contributed by atoms with Crippen LogP contribution in [0.3, 0.4) is 0 Å². The van der Waals surface area contributed by atoms with Crippen LogP contribution in [0.4, 0.5) is 0 Å². The summed E-state index contributed by atoms with van der Waals surface area (Å²) < 4.78 is 6.74. The molecule has 2 aliphatic carbocycles. The normalized spacial score (nSPS) is 25.0. The minimum atomic E-state index is 0.255. The van der Waals surface area contributed by atoms with Crippen molar-refractivity contribution in [3.8, 4) is 0 Å². The van der Waals surface area contributed by atoms with Crippen LogP contribution in [-0.2, 0) is 4.74 Å². The van der Waals surface area contributed by atoms with Gasteiger partial charge in [0, 0.05) is 6.61 Å². The lowest BCUT2D eigenvalue weighted by Gasteiger charge is -2.43. The van der Waals surface area contributed by atoms with Crippen LogP contribution in [0.1, 0.15) is 116 Å². The molecule has 2 fully saturated rings. The lowest BCUT2D eigenvalue weighted by Crippen LogP contribution is -2.42.